The Morgan fingerprint density at radius 2 is 1.86 bits per heavy atom. The highest BCUT2D eigenvalue weighted by Crippen LogP contribution is 2.29. The number of aryl methyl sites for hydroxylation is 1. The van der Waals surface area contributed by atoms with E-state index in [9.17, 15) is 25.2 Å². The quantitative estimate of drug-likeness (QED) is 0.472. The van der Waals surface area contributed by atoms with Crippen LogP contribution in [0.4, 0.5) is 0 Å². The van der Waals surface area contributed by atoms with Crippen LogP contribution < -0.4 is 4.74 Å². The molecule has 0 unspecified atom stereocenters. The summed E-state index contributed by atoms with van der Waals surface area (Å²) in [4.78, 5) is 15.0. The largest absolute Gasteiger partial charge is 0.478 e. The number of aromatic nitrogens is 1. The summed E-state index contributed by atoms with van der Waals surface area (Å²) in [5.74, 6) is -0.718. The van der Waals surface area contributed by atoms with E-state index in [1.54, 1.807) is 31.3 Å². The molecule has 0 spiro atoms. The highest BCUT2D eigenvalue weighted by molar-refractivity contribution is 5.88. The molecule has 3 rings (SSSR count). The van der Waals surface area contributed by atoms with Crippen LogP contribution in [0.15, 0.2) is 36.7 Å². The number of ether oxygens (including phenoxy) is 2. The summed E-state index contributed by atoms with van der Waals surface area (Å²) in [5.41, 5.74) is 2.06. The lowest BCUT2D eigenvalue weighted by molar-refractivity contribution is -0.277. The smallest absolute Gasteiger partial charge is 0.337 e. The van der Waals surface area contributed by atoms with Gasteiger partial charge in [-0.05, 0) is 36.2 Å². The molecule has 28 heavy (non-hydrogen) atoms. The predicted octanol–water partition coefficient (Wildman–Crippen LogP) is -0.0661. The van der Waals surface area contributed by atoms with Crippen LogP contribution in [0.5, 0.6) is 5.75 Å². The van der Waals surface area contributed by atoms with Crippen molar-refractivity contribution in [3.05, 3.63) is 47.8 Å². The number of aliphatic hydroxyl groups is 4. The maximum Gasteiger partial charge on any atom is 0.337 e. The van der Waals surface area contributed by atoms with Crippen LogP contribution >= 0.6 is 0 Å². The minimum Gasteiger partial charge on any atom is -0.478 e. The van der Waals surface area contributed by atoms with Gasteiger partial charge >= 0.3 is 5.97 Å². The number of carboxylic acids is 1. The average molecular weight is 391 g/mol. The molecule has 5 atom stereocenters. The predicted molar refractivity (Wildman–Crippen MR) is 95.8 cm³/mol. The summed E-state index contributed by atoms with van der Waals surface area (Å²) in [5, 5.41) is 48.1. The van der Waals surface area contributed by atoms with Crippen LogP contribution in [0.1, 0.15) is 15.9 Å². The second kappa shape index (κ2) is 8.21. The number of aromatic carboxylic acids is 1. The van der Waals surface area contributed by atoms with Crippen LogP contribution in [-0.2, 0) is 4.74 Å². The van der Waals surface area contributed by atoms with Gasteiger partial charge in [-0.3, -0.25) is 4.98 Å². The molecule has 9 nitrogen and oxygen atoms in total. The van der Waals surface area contributed by atoms with E-state index in [2.05, 4.69) is 4.98 Å². The van der Waals surface area contributed by atoms with Gasteiger partial charge in [0.25, 0.3) is 0 Å². The topological polar surface area (TPSA) is 150 Å². The van der Waals surface area contributed by atoms with Crippen LogP contribution in [-0.4, -0.2) is 73.8 Å². The van der Waals surface area contributed by atoms with Crippen LogP contribution in [0, 0.1) is 6.92 Å². The summed E-state index contributed by atoms with van der Waals surface area (Å²) in [6, 6.07) is 6.55. The Morgan fingerprint density at radius 3 is 2.50 bits per heavy atom. The Balaban J connectivity index is 1.81. The molecule has 0 amide bonds. The third-order valence-electron chi connectivity index (χ3n) is 4.59. The fraction of sp³-hybridized carbons (Fsp3) is 0.368. The van der Waals surface area contributed by atoms with Crippen LogP contribution in [0.3, 0.4) is 0 Å². The molecule has 150 valence electrons. The highest BCUT2D eigenvalue weighted by Gasteiger charge is 2.44. The molecule has 1 aromatic carbocycles. The first kappa shape index (κ1) is 20.2. The van der Waals surface area contributed by atoms with Gasteiger partial charge in [0.15, 0.2) is 0 Å². The van der Waals surface area contributed by atoms with E-state index in [1.807, 2.05) is 0 Å². The number of benzene rings is 1. The lowest BCUT2D eigenvalue weighted by atomic mass is 9.99. The third kappa shape index (κ3) is 3.98. The minimum absolute atomic E-state index is 0.0665. The van der Waals surface area contributed by atoms with Gasteiger partial charge < -0.3 is 35.0 Å². The maximum atomic E-state index is 11.1. The Labute approximate surface area is 160 Å². The SMILES string of the molecule is Cc1cc(-c2cncc(C(=O)O)c2)ccc1O[C@H]1O[C@H](CO)[C@@H](O)[C@H](O)[C@@H]1O. The van der Waals surface area contributed by atoms with Crippen LogP contribution in [0.2, 0.25) is 0 Å². The van der Waals surface area contributed by atoms with Crippen molar-refractivity contribution in [2.45, 2.75) is 37.6 Å². The molecule has 2 aromatic rings. The molecule has 1 fully saturated rings. The molecule has 1 aromatic heterocycles. The summed E-state index contributed by atoms with van der Waals surface area (Å²) >= 11 is 0. The van der Waals surface area contributed by atoms with E-state index in [0.29, 0.717) is 22.4 Å². The lowest BCUT2D eigenvalue weighted by Crippen LogP contribution is -2.60. The van der Waals surface area contributed by atoms with Crippen molar-refractivity contribution in [3.8, 4) is 16.9 Å². The number of rotatable bonds is 5. The third-order valence-corrected chi connectivity index (χ3v) is 4.59. The Bertz CT molecular complexity index is 856. The number of pyridine rings is 1. The molecule has 0 radical (unpaired) electrons. The number of hydrogen-bond donors (Lipinski definition) is 5. The number of carbonyl (C=O) groups is 1. The molecule has 2 heterocycles. The number of hydrogen-bond acceptors (Lipinski definition) is 8. The summed E-state index contributed by atoms with van der Waals surface area (Å²) < 4.78 is 11.0. The molecule has 1 aliphatic rings. The van der Waals surface area contributed by atoms with Gasteiger partial charge in [-0.2, -0.15) is 0 Å². The van der Waals surface area contributed by atoms with E-state index >= 15 is 0 Å². The molecule has 5 N–H and O–H groups in total. The molecule has 0 bridgehead atoms. The first-order valence-corrected chi connectivity index (χ1v) is 8.58. The second-order valence-electron chi connectivity index (χ2n) is 6.56. The molecular weight excluding hydrogens is 370 g/mol. The maximum absolute atomic E-state index is 11.1. The van der Waals surface area contributed by atoms with E-state index in [-0.39, 0.29) is 5.56 Å². The van der Waals surface area contributed by atoms with Gasteiger partial charge in [-0.15, -0.1) is 0 Å². The van der Waals surface area contributed by atoms with E-state index < -0.39 is 43.3 Å². The van der Waals surface area contributed by atoms with Gasteiger partial charge in [-0.1, -0.05) is 6.07 Å². The van der Waals surface area contributed by atoms with Crippen molar-refractivity contribution in [2.75, 3.05) is 6.61 Å². The Kier molecular flexibility index (Phi) is 5.92. The average Bonchev–Trinajstić information content (AvgIpc) is 2.69. The van der Waals surface area contributed by atoms with Gasteiger partial charge in [0.2, 0.25) is 6.29 Å². The van der Waals surface area contributed by atoms with Crippen molar-refractivity contribution >= 4 is 5.97 Å². The molecule has 9 heteroatoms. The Morgan fingerprint density at radius 1 is 1.11 bits per heavy atom. The van der Waals surface area contributed by atoms with Crippen molar-refractivity contribution in [2.24, 2.45) is 0 Å². The molecule has 0 aliphatic carbocycles. The normalized spacial score (nSPS) is 27.4. The first-order chi connectivity index (χ1) is 13.3. The fourth-order valence-corrected chi connectivity index (χ4v) is 2.97. The van der Waals surface area contributed by atoms with Gasteiger partial charge in [0, 0.05) is 18.0 Å². The fourth-order valence-electron chi connectivity index (χ4n) is 2.97. The zero-order chi connectivity index (χ0) is 20.4. The molecule has 0 saturated carbocycles. The first-order valence-electron chi connectivity index (χ1n) is 8.58. The summed E-state index contributed by atoms with van der Waals surface area (Å²) in [6.45, 7) is 1.20. The summed E-state index contributed by atoms with van der Waals surface area (Å²) in [6.07, 6.45) is -4.04. The number of aliphatic hydroxyl groups excluding tert-OH is 4. The Hall–Kier alpha value is -2.56. The van der Waals surface area contributed by atoms with Crippen molar-refractivity contribution in [1.29, 1.82) is 0 Å². The van der Waals surface area contributed by atoms with E-state index in [0.717, 1.165) is 0 Å². The number of nitrogens with zero attached hydrogens (tertiary/aromatic N) is 1. The van der Waals surface area contributed by atoms with Gasteiger partial charge in [-0.25, -0.2) is 4.79 Å². The van der Waals surface area contributed by atoms with Crippen molar-refractivity contribution < 1.29 is 39.8 Å². The monoisotopic (exact) mass is 391 g/mol. The zero-order valence-electron chi connectivity index (χ0n) is 15.0. The molecule has 1 aliphatic heterocycles. The summed E-state index contributed by atoms with van der Waals surface area (Å²) in [7, 11) is 0. The van der Waals surface area contributed by atoms with E-state index in [1.165, 1.54) is 12.3 Å². The van der Waals surface area contributed by atoms with E-state index in [4.69, 9.17) is 14.6 Å². The van der Waals surface area contributed by atoms with Gasteiger partial charge in [0.1, 0.15) is 30.2 Å². The standard InChI is InChI=1S/C19H21NO8/c1-9-4-10(11-5-12(18(25)26)7-20-6-11)2-3-13(9)27-19-17(24)16(23)15(22)14(8-21)28-19/h2-7,14-17,19,21-24H,8H2,1H3,(H,25,26)/t14-,15-,16+,17+,19+/m1/s1. The molecule has 1 saturated heterocycles. The van der Waals surface area contributed by atoms with Crippen molar-refractivity contribution in [1.82, 2.24) is 4.98 Å². The second-order valence-corrected chi connectivity index (χ2v) is 6.56. The zero-order valence-corrected chi connectivity index (χ0v) is 15.0. The molecular formula is C19H21NO8. The van der Waals surface area contributed by atoms with Crippen molar-refractivity contribution in [3.63, 3.8) is 0 Å². The lowest BCUT2D eigenvalue weighted by Gasteiger charge is -2.39. The highest BCUT2D eigenvalue weighted by atomic mass is 16.7. The number of carboxylic acid groups (broad SMARTS) is 1. The van der Waals surface area contributed by atoms with Crippen LogP contribution in [0.25, 0.3) is 11.1 Å². The minimum atomic E-state index is -1.53. The van der Waals surface area contributed by atoms with Gasteiger partial charge in [0.05, 0.1) is 12.2 Å².